The van der Waals surface area contributed by atoms with Gasteiger partial charge in [-0.1, -0.05) is 205 Å². The number of unbranched alkanes of at least 4 members (excludes halogenated alkanes) is 26. The minimum absolute atomic E-state index is 1.00. The molecular weight excluding hydrogens is 532 g/mol. The van der Waals surface area contributed by atoms with E-state index in [1.165, 1.54) is 198 Å². The Labute approximate surface area is 275 Å². The Kier molecular flexibility index (Phi) is 25.3. The molecule has 0 spiro atoms. The lowest BCUT2D eigenvalue weighted by Crippen LogP contribution is -2.37. The van der Waals surface area contributed by atoms with Gasteiger partial charge in [0.1, 0.15) is 18.9 Å². The largest absolute Gasteiger partial charge is 0.256 e. The van der Waals surface area contributed by atoms with Gasteiger partial charge in [-0.25, -0.2) is 9.13 Å². The first-order valence-corrected chi connectivity index (χ1v) is 20.0. The van der Waals surface area contributed by atoms with Gasteiger partial charge in [0.15, 0.2) is 0 Å². The van der Waals surface area contributed by atoms with Crippen LogP contribution in [0.2, 0.25) is 0 Å². The monoisotopic (exact) mass is 608 g/mol. The van der Waals surface area contributed by atoms with Gasteiger partial charge in [-0.2, -0.15) is 0 Å². The second-order valence-corrected chi connectivity index (χ2v) is 14.0. The number of hydrogen-bond donors (Lipinski definition) is 0. The molecule has 2 heteroatoms. The van der Waals surface area contributed by atoms with Crippen molar-refractivity contribution in [3.63, 3.8) is 0 Å². The molecule has 1 aromatic heterocycles. The highest BCUT2D eigenvalue weighted by Crippen LogP contribution is 2.16. The summed E-state index contributed by atoms with van der Waals surface area (Å²) in [6, 6.07) is 11.0. The van der Waals surface area contributed by atoms with Crippen LogP contribution in [0.15, 0.2) is 42.7 Å². The molecule has 0 unspecified atom stereocenters. The Morgan fingerprint density at radius 1 is 0.455 bits per heavy atom. The summed E-state index contributed by atoms with van der Waals surface area (Å²) in [5.74, 6) is 1.54. The zero-order valence-corrected chi connectivity index (χ0v) is 29.9. The van der Waals surface area contributed by atoms with Crippen molar-refractivity contribution < 1.29 is 4.57 Å². The molecule has 2 nitrogen and oxygen atoms in total. The molecule has 1 heterocycles. The van der Waals surface area contributed by atoms with Crippen LogP contribution >= 0.6 is 0 Å². The Bertz CT molecular complexity index is 854. The van der Waals surface area contributed by atoms with E-state index in [2.05, 4.69) is 65.7 Å². The highest BCUT2D eigenvalue weighted by molar-refractivity contribution is 5.13. The Morgan fingerprint density at radius 2 is 0.841 bits per heavy atom. The van der Waals surface area contributed by atoms with E-state index in [-0.39, 0.29) is 0 Å². The van der Waals surface area contributed by atoms with E-state index in [9.17, 15) is 0 Å². The van der Waals surface area contributed by atoms with E-state index in [1.807, 2.05) is 0 Å². The van der Waals surface area contributed by atoms with E-state index < -0.39 is 0 Å². The number of aromatic nitrogens is 2. The third kappa shape index (κ3) is 20.5. The fourth-order valence-electron chi connectivity index (χ4n) is 6.87. The average Bonchev–Trinajstić information content (AvgIpc) is 3.42. The standard InChI is InChI=1S/C42H75N2/c1-3-5-7-9-11-13-15-17-19-21-23-25-27-32-36-42-43(38-39-44(42)40-41-34-30-29-31-35-41)37-33-28-26-24-22-20-18-16-14-12-10-8-6-4-2/h29-31,34-35,38-39H,3-28,32-33,36-37,40H2,1-2H3/q+1. The molecule has 2 rings (SSSR count). The molecule has 0 amide bonds. The number of imidazole rings is 1. The smallest absolute Gasteiger partial charge is 0.234 e. The Hall–Kier alpha value is -1.57. The molecule has 0 bridgehead atoms. The van der Waals surface area contributed by atoms with Crippen LogP contribution in [0.5, 0.6) is 0 Å². The second kappa shape index (κ2) is 28.9. The van der Waals surface area contributed by atoms with Crippen LogP contribution in [0, 0.1) is 0 Å². The highest BCUT2D eigenvalue weighted by Gasteiger charge is 2.17. The summed E-state index contributed by atoms with van der Waals surface area (Å²) in [4.78, 5) is 0. The van der Waals surface area contributed by atoms with Gasteiger partial charge in [-0.3, -0.25) is 0 Å². The first-order valence-electron chi connectivity index (χ1n) is 20.0. The second-order valence-electron chi connectivity index (χ2n) is 14.0. The van der Waals surface area contributed by atoms with Crippen LogP contribution in [0.1, 0.15) is 205 Å². The minimum atomic E-state index is 1.00. The number of aryl methyl sites for hydroxylation is 1. The Morgan fingerprint density at radius 3 is 1.27 bits per heavy atom. The van der Waals surface area contributed by atoms with Gasteiger partial charge >= 0.3 is 0 Å². The van der Waals surface area contributed by atoms with Crippen molar-refractivity contribution >= 4 is 0 Å². The van der Waals surface area contributed by atoms with Crippen LogP contribution in [0.3, 0.4) is 0 Å². The summed E-state index contributed by atoms with van der Waals surface area (Å²) in [5.41, 5.74) is 1.41. The molecule has 0 radical (unpaired) electrons. The normalized spacial score (nSPS) is 11.5. The molecule has 0 aliphatic rings. The van der Waals surface area contributed by atoms with E-state index in [0.29, 0.717) is 0 Å². The zero-order chi connectivity index (χ0) is 31.2. The van der Waals surface area contributed by atoms with Crippen molar-refractivity contribution in [2.75, 3.05) is 0 Å². The fraction of sp³-hybridized carbons (Fsp3) is 0.786. The molecule has 0 saturated carbocycles. The maximum absolute atomic E-state index is 2.59. The lowest BCUT2D eigenvalue weighted by molar-refractivity contribution is -0.695. The predicted octanol–water partition coefficient (Wildman–Crippen LogP) is 13.3. The van der Waals surface area contributed by atoms with Crippen molar-refractivity contribution in [1.29, 1.82) is 0 Å². The van der Waals surface area contributed by atoms with Gasteiger partial charge < -0.3 is 0 Å². The summed E-state index contributed by atoms with van der Waals surface area (Å²) < 4.78 is 5.12. The van der Waals surface area contributed by atoms with Crippen LogP contribution in [-0.2, 0) is 19.5 Å². The SMILES string of the molecule is CCCCCCCCCCCCCCCCc1n(CCCCCCCCCCCCCCCC)cc[n+]1Cc1ccccc1. The summed E-state index contributed by atoms with van der Waals surface area (Å²) >= 11 is 0. The third-order valence-electron chi connectivity index (χ3n) is 9.79. The Balaban J connectivity index is 1.58. The number of rotatable bonds is 32. The topological polar surface area (TPSA) is 8.81 Å². The van der Waals surface area contributed by atoms with Crippen LogP contribution in [-0.4, -0.2) is 4.57 Å². The molecule has 0 saturated heterocycles. The van der Waals surface area contributed by atoms with E-state index in [4.69, 9.17) is 0 Å². The number of benzene rings is 1. The molecule has 0 aliphatic carbocycles. The summed E-state index contributed by atoms with van der Waals surface area (Å²) in [6.07, 6.45) is 45.9. The quantitative estimate of drug-likeness (QED) is 0.0578. The predicted molar refractivity (Wildman–Crippen MR) is 194 cm³/mol. The lowest BCUT2D eigenvalue weighted by atomic mass is 10.0. The maximum Gasteiger partial charge on any atom is 0.256 e. The number of hydrogen-bond acceptors (Lipinski definition) is 0. The van der Waals surface area contributed by atoms with Crippen molar-refractivity contribution in [3.8, 4) is 0 Å². The molecule has 0 N–H and O–H groups in total. The fourth-order valence-corrected chi connectivity index (χ4v) is 6.87. The average molecular weight is 608 g/mol. The zero-order valence-electron chi connectivity index (χ0n) is 29.9. The van der Waals surface area contributed by atoms with Gasteiger partial charge in [-0.05, 0) is 24.8 Å². The van der Waals surface area contributed by atoms with Gasteiger partial charge in [0, 0.05) is 6.42 Å². The number of nitrogens with zero attached hydrogens (tertiary/aromatic N) is 2. The molecule has 2 aromatic rings. The van der Waals surface area contributed by atoms with Gasteiger partial charge in [-0.15, -0.1) is 0 Å². The lowest BCUT2D eigenvalue weighted by Gasteiger charge is -2.07. The van der Waals surface area contributed by atoms with E-state index in [0.717, 1.165) is 6.54 Å². The van der Waals surface area contributed by atoms with Crippen LogP contribution in [0.25, 0.3) is 0 Å². The van der Waals surface area contributed by atoms with Crippen molar-refractivity contribution in [3.05, 3.63) is 54.1 Å². The van der Waals surface area contributed by atoms with Crippen molar-refractivity contribution in [2.24, 2.45) is 0 Å². The highest BCUT2D eigenvalue weighted by atomic mass is 15.1. The van der Waals surface area contributed by atoms with E-state index >= 15 is 0 Å². The summed E-state index contributed by atoms with van der Waals surface area (Å²) in [5, 5.41) is 0. The molecule has 1 aromatic carbocycles. The molecule has 0 fully saturated rings. The summed E-state index contributed by atoms with van der Waals surface area (Å²) in [7, 11) is 0. The van der Waals surface area contributed by atoms with Gasteiger partial charge in [0.2, 0.25) is 0 Å². The molecule has 0 atom stereocenters. The maximum atomic E-state index is 2.59. The van der Waals surface area contributed by atoms with Crippen LogP contribution < -0.4 is 4.57 Å². The van der Waals surface area contributed by atoms with Crippen molar-refractivity contribution in [2.45, 2.75) is 213 Å². The summed E-state index contributed by atoms with van der Waals surface area (Å²) in [6.45, 7) is 6.80. The molecular formula is C42H75N2+. The van der Waals surface area contributed by atoms with Gasteiger partial charge in [0.25, 0.3) is 5.82 Å². The van der Waals surface area contributed by atoms with Crippen LogP contribution in [0.4, 0.5) is 0 Å². The first kappa shape index (κ1) is 38.6. The van der Waals surface area contributed by atoms with E-state index in [1.54, 1.807) is 5.82 Å². The molecule has 0 aliphatic heterocycles. The molecule has 44 heavy (non-hydrogen) atoms. The van der Waals surface area contributed by atoms with Crippen molar-refractivity contribution in [1.82, 2.24) is 4.57 Å². The molecule has 252 valence electrons. The first-order chi connectivity index (χ1) is 21.8. The van der Waals surface area contributed by atoms with Gasteiger partial charge in [0.05, 0.1) is 6.54 Å². The minimum Gasteiger partial charge on any atom is -0.234 e. The third-order valence-corrected chi connectivity index (χ3v) is 9.79.